The van der Waals surface area contributed by atoms with Crippen LogP contribution in [0.5, 0.6) is 0 Å². The minimum Gasteiger partial charge on any atom is -0.207 e. The highest BCUT2D eigenvalue weighted by atomic mass is 19.1. The summed E-state index contributed by atoms with van der Waals surface area (Å²) in [6.45, 7) is 4.35. The van der Waals surface area contributed by atoms with Crippen molar-refractivity contribution in [2.24, 2.45) is 0 Å². The Morgan fingerprint density at radius 2 is 1.80 bits per heavy atom. The molecule has 1 heteroatoms. The number of hydrogen-bond donors (Lipinski definition) is 0. The average Bonchev–Trinajstić information content (AvgIpc) is 2.25. The molecular formula is C14H21F. The average molecular weight is 208 g/mol. The second-order valence-corrected chi connectivity index (χ2v) is 4.15. The molecule has 0 aliphatic heterocycles. The first-order valence-electron chi connectivity index (χ1n) is 6.04. The molecule has 1 aromatic rings. The van der Waals surface area contributed by atoms with Gasteiger partial charge in [-0.1, -0.05) is 51.3 Å². The number of hydrogen-bond acceptors (Lipinski definition) is 0. The molecule has 84 valence electrons. The van der Waals surface area contributed by atoms with E-state index in [-0.39, 0.29) is 5.82 Å². The molecule has 0 radical (unpaired) electrons. The highest BCUT2D eigenvalue weighted by molar-refractivity contribution is 5.21. The van der Waals surface area contributed by atoms with Gasteiger partial charge in [-0.25, -0.2) is 4.39 Å². The lowest BCUT2D eigenvalue weighted by molar-refractivity contribution is 0.507. The molecule has 0 fully saturated rings. The van der Waals surface area contributed by atoms with Gasteiger partial charge in [0, 0.05) is 0 Å². The molecule has 0 aliphatic carbocycles. The molecule has 1 atom stereocenters. The molecule has 0 saturated carbocycles. The van der Waals surface area contributed by atoms with Crippen LogP contribution in [0.2, 0.25) is 0 Å². The Balaban J connectivity index is 2.74. The van der Waals surface area contributed by atoms with E-state index in [1.807, 2.05) is 12.1 Å². The molecule has 0 amide bonds. The van der Waals surface area contributed by atoms with Crippen LogP contribution >= 0.6 is 0 Å². The predicted octanol–water partition coefficient (Wildman–Crippen LogP) is 4.90. The summed E-state index contributed by atoms with van der Waals surface area (Å²) in [5, 5.41) is 0. The monoisotopic (exact) mass is 208 g/mol. The van der Waals surface area contributed by atoms with Crippen LogP contribution in [0.4, 0.5) is 4.39 Å². The maximum atomic E-state index is 13.6. The first-order chi connectivity index (χ1) is 7.29. The van der Waals surface area contributed by atoms with Crippen molar-refractivity contribution < 1.29 is 4.39 Å². The van der Waals surface area contributed by atoms with Crippen LogP contribution in [0.1, 0.15) is 57.4 Å². The van der Waals surface area contributed by atoms with Gasteiger partial charge in [-0.2, -0.15) is 0 Å². The molecule has 0 aliphatic rings. The van der Waals surface area contributed by atoms with E-state index < -0.39 is 0 Å². The first-order valence-corrected chi connectivity index (χ1v) is 6.04. The summed E-state index contributed by atoms with van der Waals surface area (Å²) in [7, 11) is 0. The molecule has 0 heterocycles. The van der Waals surface area contributed by atoms with Crippen LogP contribution in [-0.2, 0) is 0 Å². The van der Waals surface area contributed by atoms with Crippen molar-refractivity contribution in [3.63, 3.8) is 0 Å². The van der Waals surface area contributed by atoms with Gasteiger partial charge < -0.3 is 0 Å². The molecule has 0 nitrogen and oxygen atoms in total. The third kappa shape index (κ3) is 3.65. The highest BCUT2D eigenvalue weighted by Gasteiger charge is 2.13. The third-order valence-electron chi connectivity index (χ3n) is 2.89. The quantitative estimate of drug-likeness (QED) is 0.623. The fourth-order valence-electron chi connectivity index (χ4n) is 2.06. The molecule has 0 aromatic heterocycles. The maximum absolute atomic E-state index is 13.6. The molecular weight excluding hydrogens is 187 g/mol. The lowest BCUT2D eigenvalue weighted by atomic mass is 9.89. The molecule has 1 rings (SSSR count). The summed E-state index contributed by atoms with van der Waals surface area (Å²) in [4.78, 5) is 0. The van der Waals surface area contributed by atoms with Crippen LogP contribution in [0.25, 0.3) is 0 Å². The molecule has 0 spiro atoms. The normalized spacial score (nSPS) is 12.7. The number of halogens is 1. The summed E-state index contributed by atoms with van der Waals surface area (Å²) in [6, 6.07) is 7.21. The lowest BCUT2D eigenvalue weighted by Gasteiger charge is -2.16. The maximum Gasteiger partial charge on any atom is 0.126 e. The van der Waals surface area contributed by atoms with Crippen LogP contribution in [0.15, 0.2) is 24.3 Å². The topological polar surface area (TPSA) is 0 Å². The Kier molecular flexibility index (Phi) is 5.38. The van der Waals surface area contributed by atoms with E-state index >= 15 is 0 Å². The summed E-state index contributed by atoms with van der Waals surface area (Å²) < 4.78 is 13.6. The van der Waals surface area contributed by atoms with Gasteiger partial charge in [0.15, 0.2) is 0 Å². The van der Waals surface area contributed by atoms with E-state index in [1.165, 1.54) is 12.8 Å². The Labute approximate surface area is 92.5 Å². The zero-order valence-corrected chi connectivity index (χ0v) is 9.80. The second kappa shape index (κ2) is 6.60. The highest BCUT2D eigenvalue weighted by Crippen LogP contribution is 2.28. The van der Waals surface area contributed by atoms with E-state index in [2.05, 4.69) is 13.8 Å². The zero-order chi connectivity index (χ0) is 11.1. The molecule has 1 aromatic carbocycles. The molecule has 1 unspecified atom stereocenters. The largest absolute Gasteiger partial charge is 0.207 e. The van der Waals surface area contributed by atoms with Gasteiger partial charge in [0.2, 0.25) is 0 Å². The van der Waals surface area contributed by atoms with Gasteiger partial charge in [-0.15, -0.1) is 0 Å². The van der Waals surface area contributed by atoms with Gasteiger partial charge >= 0.3 is 0 Å². The smallest absolute Gasteiger partial charge is 0.126 e. The van der Waals surface area contributed by atoms with Crippen molar-refractivity contribution in [3.8, 4) is 0 Å². The summed E-state index contributed by atoms with van der Waals surface area (Å²) in [5.74, 6) is 0.378. The van der Waals surface area contributed by atoms with Gasteiger partial charge in [0.25, 0.3) is 0 Å². The number of rotatable bonds is 6. The fraction of sp³-hybridized carbons (Fsp3) is 0.571. The number of unbranched alkanes of at least 4 members (excludes halogenated alkanes) is 1. The van der Waals surface area contributed by atoms with Crippen molar-refractivity contribution in [2.75, 3.05) is 0 Å². The van der Waals surface area contributed by atoms with Gasteiger partial charge in [0.1, 0.15) is 5.82 Å². The molecule has 0 N–H and O–H groups in total. The minimum absolute atomic E-state index is 0.0351. The van der Waals surface area contributed by atoms with E-state index in [0.29, 0.717) is 5.92 Å². The Hall–Kier alpha value is -0.850. The third-order valence-corrected chi connectivity index (χ3v) is 2.89. The van der Waals surface area contributed by atoms with Crippen molar-refractivity contribution in [3.05, 3.63) is 35.6 Å². The van der Waals surface area contributed by atoms with E-state index in [1.54, 1.807) is 12.1 Å². The first kappa shape index (κ1) is 12.2. The Bertz CT molecular complexity index is 280. The fourth-order valence-corrected chi connectivity index (χ4v) is 2.06. The predicted molar refractivity (Wildman–Crippen MR) is 63.6 cm³/mol. The van der Waals surface area contributed by atoms with Crippen molar-refractivity contribution in [1.82, 2.24) is 0 Å². The second-order valence-electron chi connectivity index (χ2n) is 4.15. The van der Waals surface area contributed by atoms with Crippen LogP contribution < -0.4 is 0 Å². The van der Waals surface area contributed by atoms with Crippen LogP contribution in [-0.4, -0.2) is 0 Å². The SMILES string of the molecule is CCCCC(CCC)c1ccccc1F. The van der Waals surface area contributed by atoms with Gasteiger partial charge in [-0.05, 0) is 30.4 Å². The number of benzene rings is 1. The van der Waals surface area contributed by atoms with E-state index in [9.17, 15) is 4.39 Å². The van der Waals surface area contributed by atoms with Gasteiger partial charge in [0.05, 0.1) is 0 Å². The van der Waals surface area contributed by atoms with Crippen LogP contribution in [0.3, 0.4) is 0 Å². The van der Waals surface area contributed by atoms with E-state index in [4.69, 9.17) is 0 Å². The van der Waals surface area contributed by atoms with Crippen LogP contribution in [0, 0.1) is 5.82 Å². The lowest BCUT2D eigenvalue weighted by Crippen LogP contribution is -2.01. The van der Waals surface area contributed by atoms with Crippen molar-refractivity contribution in [2.45, 2.75) is 51.9 Å². The molecule has 0 bridgehead atoms. The summed E-state index contributed by atoms with van der Waals surface area (Å²) in [5.41, 5.74) is 0.910. The van der Waals surface area contributed by atoms with Crippen molar-refractivity contribution >= 4 is 0 Å². The standard InChI is InChI=1S/C14H21F/c1-3-5-9-12(8-4-2)13-10-6-7-11-14(13)15/h6-7,10-12H,3-5,8-9H2,1-2H3. The van der Waals surface area contributed by atoms with Crippen molar-refractivity contribution in [1.29, 1.82) is 0 Å². The zero-order valence-electron chi connectivity index (χ0n) is 9.80. The van der Waals surface area contributed by atoms with E-state index in [0.717, 1.165) is 24.8 Å². The summed E-state index contributed by atoms with van der Waals surface area (Å²) >= 11 is 0. The molecule has 0 saturated heterocycles. The minimum atomic E-state index is -0.0351. The molecule has 15 heavy (non-hydrogen) atoms. The summed E-state index contributed by atoms with van der Waals surface area (Å²) in [6.07, 6.45) is 5.72. The Morgan fingerprint density at radius 3 is 2.40 bits per heavy atom. The Morgan fingerprint density at radius 1 is 1.07 bits per heavy atom. The van der Waals surface area contributed by atoms with Gasteiger partial charge in [-0.3, -0.25) is 0 Å².